The van der Waals surface area contributed by atoms with Gasteiger partial charge in [0.1, 0.15) is 29.3 Å². The zero-order valence-electron chi connectivity index (χ0n) is 24.7. The normalized spacial score (nSPS) is 22.4. The van der Waals surface area contributed by atoms with Gasteiger partial charge in [0.2, 0.25) is 0 Å². The van der Waals surface area contributed by atoms with E-state index in [1.165, 1.54) is 19.1 Å². The van der Waals surface area contributed by atoms with Gasteiger partial charge in [-0.15, -0.1) is 0 Å². The first-order chi connectivity index (χ1) is 20.2. The van der Waals surface area contributed by atoms with Crippen LogP contribution >= 0.6 is 0 Å². The smallest absolute Gasteiger partial charge is 0.259 e. The highest BCUT2D eigenvalue weighted by atomic mass is 16.5. The van der Waals surface area contributed by atoms with E-state index in [0.29, 0.717) is 39.8 Å². The molecule has 2 aromatic carbocycles. The van der Waals surface area contributed by atoms with Crippen molar-refractivity contribution < 1.29 is 37.7 Å². The molecule has 0 spiro atoms. The second-order valence-corrected chi connectivity index (χ2v) is 10.3. The summed E-state index contributed by atoms with van der Waals surface area (Å²) in [6, 6.07) is 12.8. The predicted molar refractivity (Wildman–Crippen MR) is 156 cm³/mol. The molecule has 0 N–H and O–H groups in total. The fourth-order valence-corrected chi connectivity index (χ4v) is 5.66. The number of Topliss-reactive ketones (excluding diaryl/α,β-unsaturated/α-hetero) is 1. The standard InChI is InChI=1S/C32H34N2O8/c1-17(18(2)27(35)25-29(40-6)31(36)33(25)20-8-12-22(38-4)13-9-20)24-16-42-28(19(24)3)26-30(41-7)32(37)34(26)21-10-14-23(39-5)15-11-21/h8-16,25-26,29-30H,1-7H3/b18-17+/t25-,26-,29+,30+/m0/s1. The fourth-order valence-electron chi connectivity index (χ4n) is 5.66. The molecular formula is C32H34N2O8. The number of nitrogens with zero attached hydrogens (tertiary/aromatic N) is 2. The van der Waals surface area contributed by atoms with Crippen LogP contribution in [-0.4, -0.2) is 64.3 Å². The first kappa shape index (κ1) is 29.1. The van der Waals surface area contributed by atoms with E-state index < -0.39 is 24.3 Å². The average molecular weight is 575 g/mol. The highest BCUT2D eigenvalue weighted by Crippen LogP contribution is 2.44. The third-order valence-corrected chi connectivity index (χ3v) is 8.25. The number of anilines is 2. The van der Waals surface area contributed by atoms with E-state index in [0.717, 1.165) is 11.1 Å². The van der Waals surface area contributed by atoms with Crippen LogP contribution in [0.15, 0.2) is 64.8 Å². The van der Waals surface area contributed by atoms with Crippen LogP contribution in [0.2, 0.25) is 0 Å². The van der Waals surface area contributed by atoms with Gasteiger partial charge in [-0.25, -0.2) is 0 Å². The van der Waals surface area contributed by atoms with Crippen molar-refractivity contribution in [1.29, 1.82) is 0 Å². The molecular weight excluding hydrogens is 540 g/mol. The van der Waals surface area contributed by atoms with Crippen LogP contribution in [0.4, 0.5) is 11.4 Å². The summed E-state index contributed by atoms with van der Waals surface area (Å²) in [5.74, 6) is 1.20. The maximum Gasteiger partial charge on any atom is 0.259 e. The Morgan fingerprint density at radius 3 is 1.76 bits per heavy atom. The lowest BCUT2D eigenvalue weighted by molar-refractivity contribution is -0.145. The summed E-state index contributed by atoms with van der Waals surface area (Å²) in [5.41, 5.74) is 3.97. The van der Waals surface area contributed by atoms with Gasteiger partial charge >= 0.3 is 0 Å². The van der Waals surface area contributed by atoms with Crippen LogP contribution in [0.1, 0.15) is 36.8 Å². The van der Waals surface area contributed by atoms with Gasteiger partial charge in [-0.3, -0.25) is 24.2 Å². The summed E-state index contributed by atoms with van der Waals surface area (Å²) in [7, 11) is 6.06. The minimum atomic E-state index is -0.884. The molecule has 4 atom stereocenters. The van der Waals surface area contributed by atoms with Crippen molar-refractivity contribution in [2.24, 2.45) is 0 Å². The monoisotopic (exact) mass is 574 g/mol. The van der Waals surface area contributed by atoms with E-state index in [-0.39, 0.29) is 17.6 Å². The molecule has 10 nitrogen and oxygen atoms in total. The van der Waals surface area contributed by atoms with E-state index >= 15 is 0 Å². The third kappa shape index (κ3) is 4.56. The van der Waals surface area contributed by atoms with Crippen molar-refractivity contribution in [1.82, 2.24) is 0 Å². The molecule has 2 amide bonds. The molecule has 2 saturated heterocycles. The molecule has 2 aliphatic heterocycles. The van der Waals surface area contributed by atoms with Crippen molar-refractivity contribution in [3.05, 3.63) is 77.3 Å². The maximum absolute atomic E-state index is 13.8. The Balaban J connectivity index is 1.45. The molecule has 2 fully saturated rings. The third-order valence-electron chi connectivity index (χ3n) is 8.25. The van der Waals surface area contributed by atoms with Crippen molar-refractivity contribution in [2.45, 2.75) is 45.1 Å². The predicted octanol–water partition coefficient (Wildman–Crippen LogP) is 4.50. The van der Waals surface area contributed by atoms with E-state index in [2.05, 4.69) is 0 Å². The quantitative estimate of drug-likeness (QED) is 0.257. The molecule has 10 heteroatoms. The number of carbonyl (C=O) groups is 3. The van der Waals surface area contributed by atoms with Gasteiger partial charge in [-0.05, 0) is 80.4 Å². The average Bonchev–Trinajstić information content (AvgIpc) is 3.38. The van der Waals surface area contributed by atoms with Gasteiger partial charge in [-0.1, -0.05) is 0 Å². The minimum Gasteiger partial charge on any atom is -0.497 e. The number of rotatable bonds is 10. The summed E-state index contributed by atoms with van der Waals surface area (Å²) < 4.78 is 27.5. The number of ketones is 1. The lowest BCUT2D eigenvalue weighted by atomic mass is 9.86. The minimum absolute atomic E-state index is 0.178. The van der Waals surface area contributed by atoms with Crippen LogP contribution < -0.4 is 19.3 Å². The second kappa shape index (κ2) is 11.5. The highest BCUT2D eigenvalue weighted by Gasteiger charge is 2.54. The molecule has 0 unspecified atom stereocenters. The van der Waals surface area contributed by atoms with Gasteiger partial charge in [0.05, 0.1) is 20.5 Å². The zero-order valence-corrected chi connectivity index (χ0v) is 24.7. The first-order valence-corrected chi connectivity index (χ1v) is 13.5. The molecule has 220 valence electrons. The molecule has 1 aromatic heterocycles. The zero-order chi connectivity index (χ0) is 30.3. The number of carbonyl (C=O) groups excluding carboxylic acids is 3. The topological polar surface area (TPSA) is 108 Å². The number of methoxy groups -OCH3 is 4. The molecule has 42 heavy (non-hydrogen) atoms. The Bertz CT molecular complexity index is 1540. The number of furan rings is 1. The van der Waals surface area contributed by atoms with Crippen LogP contribution in [0, 0.1) is 6.92 Å². The summed E-state index contributed by atoms with van der Waals surface area (Å²) in [6.07, 6.45) is 0.00242. The van der Waals surface area contributed by atoms with Crippen molar-refractivity contribution >= 4 is 34.5 Å². The molecule has 0 saturated carbocycles. The SMILES string of the molecule is COc1ccc(N2C(=O)[C@H](OC)[C@@H]2C(=O)/C(C)=C(\C)c2coc([C@H]3[C@@H](OC)C(=O)N3c3ccc(OC)cc3)c2C)cc1. The number of amides is 2. The summed E-state index contributed by atoms with van der Waals surface area (Å²) in [6.45, 7) is 5.47. The Morgan fingerprint density at radius 2 is 1.26 bits per heavy atom. The first-order valence-electron chi connectivity index (χ1n) is 13.5. The molecule has 0 aliphatic carbocycles. The molecule has 3 aromatic rings. The number of allylic oxidation sites excluding steroid dienone is 1. The van der Waals surface area contributed by atoms with E-state index in [9.17, 15) is 14.4 Å². The lowest BCUT2D eigenvalue weighted by Gasteiger charge is -2.45. The summed E-state index contributed by atoms with van der Waals surface area (Å²) in [4.78, 5) is 42.8. The highest BCUT2D eigenvalue weighted by molar-refractivity contribution is 6.19. The summed E-state index contributed by atoms with van der Waals surface area (Å²) >= 11 is 0. The maximum atomic E-state index is 13.8. The molecule has 2 aliphatic rings. The van der Waals surface area contributed by atoms with Crippen molar-refractivity contribution in [3.8, 4) is 11.5 Å². The Kier molecular flexibility index (Phi) is 7.94. The van der Waals surface area contributed by atoms with Gasteiger partial charge in [0.25, 0.3) is 11.8 Å². The Morgan fingerprint density at radius 1 is 0.762 bits per heavy atom. The Hall–Kier alpha value is -4.41. The van der Waals surface area contributed by atoms with Gasteiger partial charge in [0.15, 0.2) is 18.0 Å². The number of ether oxygens (including phenoxy) is 4. The number of hydrogen-bond donors (Lipinski definition) is 0. The van der Waals surface area contributed by atoms with Crippen LogP contribution in [0.5, 0.6) is 11.5 Å². The summed E-state index contributed by atoms with van der Waals surface area (Å²) in [5, 5.41) is 0. The van der Waals surface area contributed by atoms with E-state index in [1.54, 1.807) is 68.7 Å². The molecule has 5 rings (SSSR count). The van der Waals surface area contributed by atoms with Crippen molar-refractivity contribution in [2.75, 3.05) is 38.2 Å². The number of hydrogen-bond acceptors (Lipinski definition) is 8. The fraction of sp³-hybridized carbons (Fsp3) is 0.344. The van der Waals surface area contributed by atoms with Crippen LogP contribution in [0.3, 0.4) is 0 Å². The molecule has 3 heterocycles. The lowest BCUT2D eigenvalue weighted by Crippen LogP contribution is -2.69. The van der Waals surface area contributed by atoms with Gasteiger partial charge < -0.3 is 23.4 Å². The van der Waals surface area contributed by atoms with Gasteiger partial charge in [0, 0.05) is 36.7 Å². The van der Waals surface area contributed by atoms with E-state index in [4.69, 9.17) is 23.4 Å². The molecule has 0 radical (unpaired) electrons. The van der Waals surface area contributed by atoms with Crippen molar-refractivity contribution in [3.63, 3.8) is 0 Å². The Labute approximate surface area is 244 Å². The number of β-lactam (4-membered cyclic amide) rings is 2. The largest absolute Gasteiger partial charge is 0.497 e. The van der Waals surface area contributed by atoms with Crippen LogP contribution in [-0.2, 0) is 23.9 Å². The molecule has 0 bridgehead atoms. The van der Waals surface area contributed by atoms with Gasteiger partial charge in [-0.2, -0.15) is 0 Å². The second-order valence-electron chi connectivity index (χ2n) is 10.3. The van der Waals surface area contributed by atoms with Crippen LogP contribution in [0.25, 0.3) is 5.57 Å². The number of benzene rings is 2. The van der Waals surface area contributed by atoms with E-state index in [1.807, 2.05) is 26.0 Å².